The summed E-state index contributed by atoms with van der Waals surface area (Å²) in [5.74, 6) is 1.36. The minimum Gasteiger partial charge on any atom is -0.496 e. The second kappa shape index (κ2) is 11.6. The Bertz CT molecular complexity index is 969. The molecule has 1 unspecified atom stereocenters. The van der Waals surface area contributed by atoms with Gasteiger partial charge in [0.2, 0.25) is 0 Å². The molecular formula is C26H34N2O5. The van der Waals surface area contributed by atoms with E-state index in [4.69, 9.17) is 14.2 Å². The third-order valence-corrected chi connectivity index (χ3v) is 5.76. The highest BCUT2D eigenvalue weighted by Crippen LogP contribution is 2.30. The Kier molecular flexibility index (Phi) is 8.58. The molecule has 0 bridgehead atoms. The molecule has 1 saturated heterocycles. The highest BCUT2D eigenvalue weighted by atomic mass is 16.5. The number of nitrogens with zero attached hydrogens (tertiary/aromatic N) is 1. The molecular weight excluding hydrogens is 420 g/mol. The van der Waals surface area contributed by atoms with Crippen LogP contribution in [0, 0.1) is 6.92 Å². The standard InChI is InChI=1S/C26H34N2O5/c1-5-32-24-16-20(10-12-23(24)33-17-25(29)28-13-7-6-8-14-28)26(30)27-19(3)21-15-18(2)9-11-22(21)31-4/h9-12,15-16,19H,5-8,13-14,17H2,1-4H3,(H,27,30). The van der Waals surface area contributed by atoms with Crippen molar-refractivity contribution in [2.24, 2.45) is 0 Å². The maximum atomic E-state index is 12.9. The molecule has 0 aliphatic carbocycles. The minimum absolute atomic E-state index is 0.0279. The van der Waals surface area contributed by atoms with Crippen LogP contribution in [0.25, 0.3) is 0 Å². The first kappa shape index (κ1) is 24.4. The van der Waals surface area contributed by atoms with Gasteiger partial charge in [-0.25, -0.2) is 0 Å². The second-order valence-electron chi connectivity index (χ2n) is 8.27. The highest BCUT2D eigenvalue weighted by Gasteiger charge is 2.20. The van der Waals surface area contributed by atoms with Crippen molar-refractivity contribution < 1.29 is 23.8 Å². The zero-order valence-electron chi connectivity index (χ0n) is 20.0. The van der Waals surface area contributed by atoms with E-state index in [0.29, 0.717) is 23.7 Å². The fourth-order valence-corrected chi connectivity index (χ4v) is 3.96. The van der Waals surface area contributed by atoms with Gasteiger partial charge >= 0.3 is 0 Å². The van der Waals surface area contributed by atoms with Crippen LogP contribution in [0.3, 0.4) is 0 Å². The van der Waals surface area contributed by atoms with Crippen molar-refractivity contribution in [3.8, 4) is 17.2 Å². The summed E-state index contributed by atoms with van der Waals surface area (Å²) in [7, 11) is 1.62. The van der Waals surface area contributed by atoms with Gasteiger partial charge in [-0.15, -0.1) is 0 Å². The molecule has 178 valence electrons. The van der Waals surface area contributed by atoms with Gasteiger partial charge in [0.1, 0.15) is 5.75 Å². The normalized spacial score (nSPS) is 14.4. The molecule has 2 aromatic rings. The van der Waals surface area contributed by atoms with E-state index in [9.17, 15) is 9.59 Å². The molecule has 1 aliphatic rings. The Labute approximate surface area is 196 Å². The molecule has 1 heterocycles. The minimum atomic E-state index is -0.249. The molecule has 1 N–H and O–H groups in total. The Hall–Kier alpha value is -3.22. The van der Waals surface area contributed by atoms with Crippen LogP contribution in [-0.4, -0.2) is 50.1 Å². The lowest BCUT2D eigenvalue weighted by molar-refractivity contribution is -0.134. The summed E-state index contributed by atoms with van der Waals surface area (Å²) in [5, 5.41) is 3.02. The van der Waals surface area contributed by atoms with Crippen molar-refractivity contribution >= 4 is 11.8 Å². The Morgan fingerprint density at radius 3 is 2.42 bits per heavy atom. The van der Waals surface area contributed by atoms with Gasteiger partial charge in [-0.2, -0.15) is 0 Å². The first-order valence-electron chi connectivity index (χ1n) is 11.6. The average Bonchev–Trinajstić information content (AvgIpc) is 2.83. The summed E-state index contributed by atoms with van der Waals surface area (Å²) in [6, 6.07) is 10.6. The monoisotopic (exact) mass is 454 g/mol. The van der Waals surface area contributed by atoms with Gasteiger partial charge in [-0.3, -0.25) is 9.59 Å². The average molecular weight is 455 g/mol. The molecule has 3 rings (SSSR count). The number of rotatable bonds is 9. The van der Waals surface area contributed by atoms with E-state index in [1.54, 1.807) is 25.3 Å². The lowest BCUT2D eigenvalue weighted by Gasteiger charge is -2.26. The molecule has 1 atom stereocenters. The van der Waals surface area contributed by atoms with Crippen molar-refractivity contribution in [2.45, 2.75) is 46.1 Å². The highest BCUT2D eigenvalue weighted by molar-refractivity contribution is 5.95. The summed E-state index contributed by atoms with van der Waals surface area (Å²) in [6.45, 7) is 7.71. The smallest absolute Gasteiger partial charge is 0.260 e. The molecule has 1 aliphatic heterocycles. The van der Waals surface area contributed by atoms with E-state index in [0.717, 1.165) is 49.2 Å². The summed E-state index contributed by atoms with van der Waals surface area (Å²) >= 11 is 0. The van der Waals surface area contributed by atoms with E-state index in [1.165, 1.54) is 0 Å². The number of carbonyl (C=O) groups excluding carboxylic acids is 2. The molecule has 7 heteroatoms. The number of hydrogen-bond donors (Lipinski definition) is 1. The van der Waals surface area contributed by atoms with E-state index >= 15 is 0 Å². The Morgan fingerprint density at radius 1 is 1.00 bits per heavy atom. The van der Waals surface area contributed by atoms with Crippen LogP contribution in [0.1, 0.15) is 60.6 Å². The van der Waals surface area contributed by atoms with E-state index in [1.807, 2.05) is 43.9 Å². The van der Waals surface area contributed by atoms with Gasteiger partial charge < -0.3 is 24.4 Å². The first-order valence-corrected chi connectivity index (χ1v) is 11.6. The number of piperidine rings is 1. The van der Waals surface area contributed by atoms with Crippen molar-refractivity contribution in [2.75, 3.05) is 33.4 Å². The van der Waals surface area contributed by atoms with Gasteiger partial charge in [-0.05, 0) is 64.3 Å². The lowest BCUT2D eigenvalue weighted by atomic mass is 10.0. The Morgan fingerprint density at radius 2 is 1.73 bits per heavy atom. The van der Waals surface area contributed by atoms with Gasteiger partial charge in [-0.1, -0.05) is 17.7 Å². The number of likely N-dealkylation sites (tertiary alicyclic amines) is 1. The summed E-state index contributed by atoms with van der Waals surface area (Å²) in [4.78, 5) is 27.2. The van der Waals surface area contributed by atoms with Crippen molar-refractivity contribution in [3.63, 3.8) is 0 Å². The summed E-state index contributed by atoms with van der Waals surface area (Å²) in [5.41, 5.74) is 2.45. The number of hydrogen-bond acceptors (Lipinski definition) is 5. The fraction of sp³-hybridized carbons (Fsp3) is 0.462. The molecule has 0 saturated carbocycles. The van der Waals surface area contributed by atoms with Gasteiger partial charge in [0, 0.05) is 24.2 Å². The molecule has 0 radical (unpaired) electrons. The number of ether oxygens (including phenoxy) is 3. The number of carbonyl (C=O) groups is 2. The largest absolute Gasteiger partial charge is 0.496 e. The molecule has 2 amide bonds. The predicted molar refractivity (Wildman–Crippen MR) is 127 cm³/mol. The molecule has 7 nitrogen and oxygen atoms in total. The number of methoxy groups -OCH3 is 1. The number of nitrogens with one attached hydrogen (secondary N) is 1. The van der Waals surface area contributed by atoms with Crippen molar-refractivity contribution in [3.05, 3.63) is 53.1 Å². The van der Waals surface area contributed by atoms with Crippen LogP contribution in [-0.2, 0) is 4.79 Å². The topological polar surface area (TPSA) is 77.1 Å². The van der Waals surface area contributed by atoms with Crippen LogP contribution in [0.15, 0.2) is 36.4 Å². The molecule has 1 fully saturated rings. The van der Waals surface area contributed by atoms with Crippen LogP contribution in [0.4, 0.5) is 0 Å². The van der Waals surface area contributed by atoms with Gasteiger partial charge in [0.05, 0.1) is 19.8 Å². The molecule has 0 spiro atoms. The third-order valence-electron chi connectivity index (χ3n) is 5.76. The number of benzene rings is 2. The van der Waals surface area contributed by atoms with E-state index in [-0.39, 0.29) is 24.5 Å². The van der Waals surface area contributed by atoms with Crippen molar-refractivity contribution in [1.29, 1.82) is 0 Å². The van der Waals surface area contributed by atoms with Gasteiger partial charge in [0.15, 0.2) is 18.1 Å². The third kappa shape index (κ3) is 6.40. The summed E-state index contributed by atoms with van der Waals surface area (Å²) < 4.78 is 16.9. The second-order valence-corrected chi connectivity index (χ2v) is 8.27. The predicted octanol–water partition coefficient (Wildman–Crippen LogP) is 4.28. The zero-order chi connectivity index (χ0) is 23.8. The van der Waals surface area contributed by atoms with E-state index in [2.05, 4.69) is 5.32 Å². The fourth-order valence-electron chi connectivity index (χ4n) is 3.96. The van der Waals surface area contributed by atoms with Crippen LogP contribution in [0.5, 0.6) is 17.2 Å². The van der Waals surface area contributed by atoms with Crippen molar-refractivity contribution in [1.82, 2.24) is 10.2 Å². The zero-order valence-corrected chi connectivity index (χ0v) is 20.0. The maximum absolute atomic E-state index is 12.9. The van der Waals surface area contributed by atoms with Crippen LogP contribution < -0.4 is 19.5 Å². The van der Waals surface area contributed by atoms with Crippen LogP contribution in [0.2, 0.25) is 0 Å². The van der Waals surface area contributed by atoms with E-state index < -0.39 is 0 Å². The number of aryl methyl sites for hydroxylation is 1. The SMILES string of the molecule is CCOc1cc(C(=O)NC(C)c2cc(C)ccc2OC)ccc1OCC(=O)N1CCCCC1. The molecule has 0 aromatic heterocycles. The lowest BCUT2D eigenvalue weighted by Crippen LogP contribution is -2.38. The molecule has 2 aromatic carbocycles. The van der Waals surface area contributed by atoms with Gasteiger partial charge in [0.25, 0.3) is 11.8 Å². The van der Waals surface area contributed by atoms with Crippen LogP contribution >= 0.6 is 0 Å². The maximum Gasteiger partial charge on any atom is 0.260 e. The summed E-state index contributed by atoms with van der Waals surface area (Å²) in [6.07, 6.45) is 3.23. The Balaban J connectivity index is 1.69. The quantitative estimate of drug-likeness (QED) is 0.612. The first-order chi connectivity index (χ1) is 15.9. The molecule has 33 heavy (non-hydrogen) atoms. The number of amides is 2.